The molecule has 0 aliphatic rings. The number of hydrogen-bond acceptors (Lipinski definition) is 4. The molecule has 1 heterocycles. The summed E-state index contributed by atoms with van der Waals surface area (Å²) in [4.78, 5) is 17.2. The number of nitrogen functional groups attached to an aromatic ring is 1. The lowest BCUT2D eigenvalue weighted by molar-refractivity contribution is 0.203. The minimum absolute atomic E-state index is 0.426. The average Bonchev–Trinajstić information content (AvgIpc) is 2.41. The number of carbonyl (C=O) groups is 1. The van der Waals surface area contributed by atoms with Gasteiger partial charge >= 0.3 is 6.09 Å². The van der Waals surface area contributed by atoms with Crippen molar-refractivity contribution < 1.29 is 9.90 Å². The fraction of sp³-hybridized carbons (Fsp3) is 0.0769. The molecule has 0 fully saturated rings. The van der Waals surface area contributed by atoms with Gasteiger partial charge in [0.25, 0.3) is 0 Å². The molecular weight excluding hydrogens is 262 g/mol. The zero-order chi connectivity index (χ0) is 13.8. The highest BCUT2D eigenvalue weighted by Crippen LogP contribution is 2.32. The number of anilines is 2. The Balaban J connectivity index is 2.28. The van der Waals surface area contributed by atoms with Crippen LogP contribution >= 0.6 is 11.8 Å². The van der Waals surface area contributed by atoms with Gasteiger partial charge in [-0.05, 0) is 30.3 Å². The van der Waals surface area contributed by atoms with E-state index < -0.39 is 6.09 Å². The van der Waals surface area contributed by atoms with E-state index in [0.29, 0.717) is 11.4 Å². The van der Waals surface area contributed by atoms with Crippen LogP contribution < -0.4 is 10.6 Å². The monoisotopic (exact) mass is 275 g/mol. The summed E-state index contributed by atoms with van der Waals surface area (Å²) in [6.07, 6.45) is 0.663. The van der Waals surface area contributed by atoms with E-state index in [9.17, 15) is 4.79 Å². The van der Waals surface area contributed by atoms with Crippen LogP contribution in [0.2, 0.25) is 0 Å². The molecule has 0 radical (unpaired) electrons. The van der Waals surface area contributed by atoms with Crippen LogP contribution in [0.5, 0.6) is 0 Å². The van der Waals surface area contributed by atoms with Gasteiger partial charge in [-0.2, -0.15) is 0 Å². The standard InChI is InChI=1S/C13H13N3O2S/c1-16(13(17)18)11-8-9(5-6-10(11)14)19-12-4-2-3-7-15-12/h2-8H,14H2,1H3,(H,17,18). The van der Waals surface area contributed by atoms with Crippen molar-refractivity contribution in [2.45, 2.75) is 9.92 Å². The largest absolute Gasteiger partial charge is 0.465 e. The third-order valence-corrected chi connectivity index (χ3v) is 3.45. The van der Waals surface area contributed by atoms with E-state index in [4.69, 9.17) is 10.8 Å². The summed E-state index contributed by atoms with van der Waals surface area (Å²) in [7, 11) is 1.46. The van der Waals surface area contributed by atoms with Crippen molar-refractivity contribution in [1.82, 2.24) is 4.98 Å². The maximum atomic E-state index is 11.0. The van der Waals surface area contributed by atoms with Gasteiger partial charge in [-0.3, -0.25) is 4.90 Å². The molecule has 0 spiro atoms. The molecule has 0 unspecified atom stereocenters. The van der Waals surface area contributed by atoms with Crippen LogP contribution in [-0.2, 0) is 0 Å². The van der Waals surface area contributed by atoms with Gasteiger partial charge in [-0.1, -0.05) is 17.8 Å². The van der Waals surface area contributed by atoms with E-state index in [1.807, 2.05) is 24.3 Å². The fourth-order valence-corrected chi connectivity index (χ4v) is 2.32. The first-order valence-electron chi connectivity index (χ1n) is 5.53. The lowest BCUT2D eigenvalue weighted by Gasteiger charge is -2.16. The molecule has 0 saturated carbocycles. The molecule has 3 N–H and O–H groups in total. The van der Waals surface area contributed by atoms with Crippen molar-refractivity contribution in [3.05, 3.63) is 42.6 Å². The first-order chi connectivity index (χ1) is 9.08. The predicted molar refractivity (Wildman–Crippen MR) is 75.6 cm³/mol. The molecule has 1 aromatic carbocycles. The predicted octanol–water partition coefficient (Wildman–Crippen LogP) is 2.93. The highest BCUT2D eigenvalue weighted by molar-refractivity contribution is 7.99. The summed E-state index contributed by atoms with van der Waals surface area (Å²) < 4.78 is 0. The Morgan fingerprint density at radius 2 is 2.16 bits per heavy atom. The number of carboxylic acid groups (broad SMARTS) is 1. The van der Waals surface area contributed by atoms with Gasteiger partial charge in [-0.25, -0.2) is 9.78 Å². The highest BCUT2D eigenvalue weighted by atomic mass is 32.2. The molecule has 1 aromatic heterocycles. The first kappa shape index (κ1) is 13.2. The second kappa shape index (κ2) is 5.62. The summed E-state index contributed by atoms with van der Waals surface area (Å²) >= 11 is 1.45. The molecule has 2 aromatic rings. The van der Waals surface area contributed by atoms with E-state index in [2.05, 4.69) is 4.98 Å². The van der Waals surface area contributed by atoms with Gasteiger partial charge in [0, 0.05) is 18.1 Å². The van der Waals surface area contributed by atoms with Gasteiger partial charge < -0.3 is 10.8 Å². The van der Waals surface area contributed by atoms with Gasteiger partial charge in [0.2, 0.25) is 0 Å². The van der Waals surface area contributed by atoms with Crippen molar-refractivity contribution in [3.63, 3.8) is 0 Å². The summed E-state index contributed by atoms with van der Waals surface area (Å²) in [5.41, 5.74) is 6.68. The Morgan fingerprint density at radius 3 is 2.79 bits per heavy atom. The highest BCUT2D eigenvalue weighted by Gasteiger charge is 2.12. The van der Waals surface area contributed by atoms with Crippen LogP contribution in [0, 0.1) is 0 Å². The van der Waals surface area contributed by atoms with Crippen LogP contribution in [0.1, 0.15) is 0 Å². The zero-order valence-electron chi connectivity index (χ0n) is 10.3. The number of pyridine rings is 1. The van der Waals surface area contributed by atoms with Crippen molar-refractivity contribution in [2.24, 2.45) is 0 Å². The second-order valence-electron chi connectivity index (χ2n) is 3.83. The Morgan fingerprint density at radius 1 is 1.37 bits per heavy atom. The minimum Gasteiger partial charge on any atom is -0.465 e. The Bertz CT molecular complexity index is 590. The molecule has 0 aliphatic heterocycles. The SMILES string of the molecule is CN(C(=O)O)c1cc(Sc2ccccn2)ccc1N. The molecule has 2 rings (SSSR count). The lowest BCUT2D eigenvalue weighted by Crippen LogP contribution is -2.24. The summed E-state index contributed by atoms with van der Waals surface area (Å²) in [6, 6.07) is 10.9. The maximum absolute atomic E-state index is 11.0. The number of amides is 1. The van der Waals surface area contributed by atoms with Crippen LogP contribution in [0.4, 0.5) is 16.2 Å². The summed E-state index contributed by atoms with van der Waals surface area (Å²) in [5.74, 6) is 0. The van der Waals surface area contributed by atoms with E-state index in [1.54, 1.807) is 18.3 Å². The fourth-order valence-electron chi connectivity index (χ4n) is 1.51. The third kappa shape index (κ3) is 3.17. The number of nitrogens with two attached hydrogens (primary N) is 1. The summed E-state index contributed by atoms with van der Waals surface area (Å²) in [6.45, 7) is 0. The molecule has 1 amide bonds. The molecule has 0 atom stereocenters. The van der Waals surface area contributed by atoms with Gasteiger partial charge in [0.05, 0.1) is 11.4 Å². The topological polar surface area (TPSA) is 79.5 Å². The number of nitrogens with zero attached hydrogens (tertiary/aromatic N) is 2. The zero-order valence-corrected chi connectivity index (χ0v) is 11.1. The van der Waals surface area contributed by atoms with E-state index >= 15 is 0 Å². The van der Waals surface area contributed by atoms with Crippen molar-refractivity contribution >= 4 is 29.2 Å². The lowest BCUT2D eigenvalue weighted by atomic mass is 10.2. The molecular formula is C13H13N3O2S. The molecule has 19 heavy (non-hydrogen) atoms. The molecule has 0 saturated heterocycles. The van der Waals surface area contributed by atoms with Gasteiger partial charge in [0.1, 0.15) is 5.03 Å². The van der Waals surface area contributed by atoms with Crippen LogP contribution in [0.15, 0.2) is 52.5 Å². The average molecular weight is 275 g/mol. The van der Waals surface area contributed by atoms with E-state index in [1.165, 1.54) is 18.8 Å². The molecule has 0 bridgehead atoms. The van der Waals surface area contributed by atoms with E-state index in [-0.39, 0.29) is 0 Å². The molecule has 98 valence electrons. The van der Waals surface area contributed by atoms with Crippen molar-refractivity contribution in [2.75, 3.05) is 17.7 Å². The molecule has 5 nitrogen and oxygen atoms in total. The minimum atomic E-state index is -1.05. The quantitative estimate of drug-likeness (QED) is 0.842. The third-order valence-electron chi connectivity index (χ3n) is 2.51. The Hall–Kier alpha value is -2.21. The van der Waals surface area contributed by atoms with Crippen molar-refractivity contribution in [3.8, 4) is 0 Å². The maximum Gasteiger partial charge on any atom is 0.411 e. The number of hydrogen-bond donors (Lipinski definition) is 2. The van der Waals surface area contributed by atoms with Crippen LogP contribution in [-0.4, -0.2) is 23.2 Å². The Kier molecular flexibility index (Phi) is 3.91. The molecule has 6 heteroatoms. The normalized spacial score (nSPS) is 10.2. The number of rotatable bonds is 3. The van der Waals surface area contributed by atoms with E-state index in [0.717, 1.165) is 14.8 Å². The van der Waals surface area contributed by atoms with Gasteiger partial charge in [0.15, 0.2) is 0 Å². The Labute approximate surface area is 115 Å². The smallest absolute Gasteiger partial charge is 0.411 e. The first-order valence-corrected chi connectivity index (χ1v) is 6.34. The number of benzene rings is 1. The van der Waals surface area contributed by atoms with Crippen LogP contribution in [0.3, 0.4) is 0 Å². The summed E-state index contributed by atoms with van der Waals surface area (Å²) in [5, 5.41) is 9.84. The molecule has 0 aliphatic carbocycles. The van der Waals surface area contributed by atoms with Crippen LogP contribution in [0.25, 0.3) is 0 Å². The van der Waals surface area contributed by atoms with Gasteiger partial charge in [-0.15, -0.1) is 0 Å². The van der Waals surface area contributed by atoms with Crippen molar-refractivity contribution in [1.29, 1.82) is 0 Å². The second-order valence-corrected chi connectivity index (χ2v) is 4.93. The number of aromatic nitrogens is 1.